The molecule has 1 amide bonds. The summed E-state index contributed by atoms with van der Waals surface area (Å²) < 4.78 is 18.8. The lowest BCUT2D eigenvalue weighted by molar-refractivity contribution is -0.113. The number of rotatable bonds is 3. The minimum atomic E-state index is -0.360. The Kier molecular flexibility index (Phi) is 4.89. The van der Waals surface area contributed by atoms with Crippen LogP contribution >= 0.6 is 35.6 Å². The topological polar surface area (TPSA) is 29.5 Å². The number of halogens is 2. The number of benzene rings is 2. The summed E-state index contributed by atoms with van der Waals surface area (Å²) in [6.45, 7) is 0. The number of amides is 1. The van der Waals surface area contributed by atoms with Crippen molar-refractivity contribution < 1.29 is 13.9 Å². The molecule has 0 unspecified atom stereocenters. The van der Waals surface area contributed by atoms with E-state index >= 15 is 0 Å². The van der Waals surface area contributed by atoms with Crippen LogP contribution in [0.5, 0.6) is 5.75 Å². The Bertz CT molecular complexity index is 869. The van der Waals surface area contributed by atoms with Gasteiger partial charge in [0.1, 0.15) is 11.6 Å². The second kappa shape index (κ2) is 6.93. The van der Waals surface area contributed by atoms with Crippen molar-refractivity contribution in [3.05, 3.63) is 63.8 Å². The molecule has 0 N–H and O–H groups in total. The average Bonchev–Trinajstić information content (AvgIpc) is 2.81. The molecule has 1 aliphatic rings. The predicted octanol–water partition coefficient (Wildman–Crippen LogP) is 4.89. The fourth-order valence-electron chi connectivity index (χ4n) is 2.23. The van der Waals surface area contributed by atoms with Crippen molar-refractivity contribution in [3.8, 4) is 5.75 Å². The first-order chi connectivity index (χ1) is 11.5. The summed E-state index contributed by atoms with van der Waals surface area (Å²) in [6, 6.07) is 11.0. The zero-order chi connectivity index (χ0) is 17.3. The van der Waals surface area contributed by atoms with E-state index in [1.165, 1.54) is 35.9 Å². The summed E-state index contributed by atoms with van der Waals surface area (Å²) in [5, 5.41) is 0.387. The van der Waals surface area contributed by atoms with Gasteiger partial charge in [-0.25, -0.2) is 4.39 Å². The van der Waals surface area contributed by atoms with Crippen LogP contribution in [0.3, 0.4) is 0 Å². The third-order valence-electron chi connectivity index (χ3n) is 3.33. The summed E-state index contributed by atoms with van der Waals surface area (Å²) in [7, 11) is 1.52. The van der Waals surface area contributed by atoms with E-state index in [0.717, 1.165) is 0 Å². The highest BCUT2D eigenvalue weighted by atomic mass is 35.5. The zero-order valence-corrected chi connectivity index (χ0v) is 14.8. The number of hydrogen-bond donors (Lipinski definition) is 0. The van der Waals surface area contributed by atoms with Crippen LogP contribution in [0.15, 0.2) is 47.4 Å². The Morgan fingerprint density at radius 1 is 1.29 bits per heavy atom. The van der Waals surface area contributed by atoms with Gasteiger partial charge in [-0.05, 0) is 42.0 Å². The molecule has 2 aromatic rings. The van der Waals surface area contributed by atoms with Crippen molar-refractivity contribution >= 4 is 57.6 Å². The third kappa shape index (κ3) is 3.31. The molecule has 1 aliphatic heterocycles. The van der Waals surface area contributed by atoms with Gasteiger partial charge in [-0.1, -0.05) is 47.7 Å². The number of nitrogens with zero attached hydrogens (tertiary/aromatic N) is 1. The first-order valence-corrected chi connectivity index (χ1v) is 8.47. The molecule has 0 atom stereocenters. The molecular weight excluding hydrogens is 369 g/mol. The molecule has 0 spiro atoms. The lowest BCUT2D eigenvalue weighted by Gasteiger charge is -2.15. The Morgan fingerprint density at radius 3 is 2.75 bits per heavy atom. The highest BCUT2D eigenvalue weighted by molar-refractivity contribution is 8.27. The molecule has 1 fully saturated rings. The molecule has 0 bridgehead atoms. The zero-order valence-electron chi connectivity index (χ0n) is 12.5. The molecule has 122 valence electrons. The summed E-state index contributed by atoms with van der Waals surface area (Å²) in [6.07, 6.45) is 1.62. The van der Waals surface area contributed by atoms with Crippen LogP contribution in [0.4, 0.5) is 10.1 Å². The van der Waals surface area contributed by atoms with Crippen LogP contribution in [0.25, 0.3) is 6.08 Å². The minimum absolute atomic E-state index is 0.268. The van der Waals surface area contributed by atoms with E-state index in [1.54, 1.807) is 36.4 Å². The molecule has 0 radical (unpaired) electrons. The van der Waals surface area contributed by atoms with Crippen LogP contribution in [-0.2, 0) is 4.79 Å². The monoisotopic (exact) mass is 379 g/mol. The van der Waals surface area contributed by atoms with Crippen LogP contribution in [-0.4, -0.2) is 17.3 Å². The van der Waals surface area contributed by atoms with E-state index in [4.69, 9.17) is 28.6 Å². The van der Waals surface area contributed by atoms with Crippen molar-refractivity contribution in [2.24, 2.45) is 0 Å². The largest absolute Gasteiger partial charge is 0.495 e. The fourth-order valence-corrected chi connectivity index (χ4v) is 3.78. The first-order valence-electron chi connectivity index (χ1n) is 6.86. The Balaban J connectivity index is 1.93. The van der Waals surface area contributed by atoms with Gasteiger partial charge in [0, 0.05) is 0 Å². The van der Waals surface area contributed by atoms with E-state index in [1.807, 2.05) is 0 Å². The van der Waals surface area contributed by atoms with Gasteiger partial charge in [0.05, 0.1) is 22.7 Å². The Labute approximate surface area is 153 Å². The summed E-state index contributed by atoms with van der Waals surface area (Å²) >= 11 is 12.6. The predicted molar refractivity (Wildman–Crippen MR) is 100 cm³/mol. The van der Waals surface area contributed by atoms with E-state index in [-0.39, 0.29) is 11.7 Å². The van der Waals surface area contributed by atoms with E-state index in [9.17, 15) is 9.18 Å². The number of thiocarbonyl (C=S) groups is 1. The van der Waals surface area contributed by atoms with Crippen molar-refractivity contribution in [2.75, 3.05) is 12.0 Å². The number of ether oxygens (including phenoxy) is 1. The highest BCUT2D eigenvalue weighted by Crippen LogP contribution is 2.38. The molecule has 3 rings (SSSR count). The number of carbonyl (C=O) groups excluding carboxylic acids is 1. The second-order valence-electron chi connectivity index (χ2n) is 4.89. The number of thioether (sulfide) groups is 1. The van der Waals surface area contributed by atoms with Crippen molar-refractivity contribution in [3.63, 3.8) is 0 Å². The van der Waals surface area contributed by atoms with Gasteiger partial charge >= 0.3 is 0 Å². The summed E-state index contributed by atoms with van der Waals surface area (Å²) in [5.74, 6) is -0.113. The molecule has 2 aromatic carbocycles. The number of carbonyl (C=O) groups is 1. The molecule has 0 aliphatic carbocycles. The van der Waals surface area contributed by atoms with Crippen LogP contribution in [0, 0.1) is 5.82 Å². The molecule has 0 saturated carbocycles. The summed E-state index contributed by atoms with van der Waals surface area (Å²) in [4.78, 5) is 14.5. The number of anilines is 1. The standard InChI is InChI=1S/C17H11ClFNO2S2/c1-22-14-6-5-12(9-13(14)18)20-16(21)15(24-17(20)23)8-10-3-2-4-11(19)7-10/h2-9H,1H3/b15-8+. The van der Waals surface area contributed by atoms with E-state index in [2.05, 4.69) is 0 Å². The quantitative estimate of drug-likeness (QED) is 0.560. The molecular formula is C17H11ClFNO2S2. The molecule has 3 nitrogen and oxygen atoms in total. The van der Waals surface area contributed by atoms with Crippen molar-refractivity contribution in [2.45, 2.75) is 0 Å². The number of hydrogen-bond acceptors (Lipinski definition) is 4. The second-order valence-corrected chi connectivity index (χ2v) is 6.97. The maximum atomic E-state index is 13.3. The van der Waals surface area contributed by atoms with Crippen LogP contribution in [0.1, 0.15) is 5.56 Å². The van der Waals surface area contributed by atoms with E-state index < -0.39 is 0 Å². The molecule has 1 heterocycles. The molecule has 0 aromatic heterocycles. The van der Waals surface area contributed by atoms with Gasteiger partial charge in [-0.3, -0.25) is 9.69 Å². The smallest absolute Gasteiger partial charge is 0.270 e. The SMILES string of the molecule is COc1ccc(N2C(=O)/C(=C\c3cccc(F)c3)SC2=S)cc1Cl. The van der Waals surface area contributed by atoms with Gasteiger partial charge in [-0.2, -0.15) is 0 Å². The average molecular weight is 380 g/mol. The first kappa shape index (κ1) is 17.0. The summed E-state index contributed by atoms with van der Waals surface area (Å²) in [5.41, 5.74) is 1.16. The molecule has 7 heteroatoms. The van der Waals surface area contributed by atoms with Gasteiger partial charge in [0.25, 0.3) is 5.91 Å². The number of methoxy groups -OCH3 is 1. The Morgan fingerprint density at radius 2 is 2.08 bits per heavy atom. The van der Waals surface area contributed by atoms with Crippen molar-refractivity contribution in [1.29, 1.82) is 0 Å². The van der Waals surface area contributed by atoms with Gasteiger partial charge in [-0.15, -0.1) is 0 Å². The molecule has 24 heavy (non-hydrogen) atoms. The highest BCUT2D eigenvalue weighted by Gasteiger charge is 2.33. The maximum absolute atomic E-state index is 13.3. The van der Waals surface area contributed by atoms with Gasteiger partial charge in [0.15, 0.2) is 4.32 Å². The lowest BCUT2D eigenvalue weighted by atomic mass is 10.2. The van der Waals surface area contributed by atoms with Crippen molar-refractivity contribution in [1.82, 2.24) is 0 Å². The maximum Gasteiger partial charge on any atom is 0.270 e. The fraction of sp³-hybridized carbons (Fsp3) is 0.0588. The minimum Gasteiger partial charge on any atom is -0.495 e. The van der Waals surface area contributed by atoms with Gasteiger partial charge < -0.3 is 4.74 Å². The third-order valence-corrected chi connectivity index (χ3v) is 4.93. The Hall–Kier alpha value is -1.89. The van der Waals surface area contributed by atoms with Crippen LogP contribution in [0.2, 0.25) is 5.02 Å². The van der Waals surface area contributed by atoms with E-state index in [0.29, 0.717) is 31.2 Å². The molecule has 1 saturated heterocycles. The van der Waals surface area contributed by atoms with Gasteiger partial charge in [0.2, 0.25) is 0 Å². The lowest BCUT2D eigenvalue weighted by Crippen LogP contribution is -2.27. The normalized spacial score (nSPS) is 16.1. The van der Waals surface area contributed by atoms with Crippen LogP contribution < -0.4 is 9.64 Å².